The number of carbonyl (C=O) groups excluding carboxylic acids is 1. The van der Waals surface area contributed by atoms with Crippen LogP contribution >= 0.6 is 15.9 Å². The molecule has 0 aliphatic carbocycles. The summed E-state index contributed by atoms with van der Waals surface area (Å²) in [6.45, 7) is 4.68. The molecule has 0 aliphatic heterocycles. The zero-order valence-corrected chi connectivity index (χ0v) is 9.44. The second-order valence-corrected chi connectivity index (χ2v) is 3.38. The molecule has 0 aromatic rings. The standard InChI is InChI=1S/C8H11BrF3NO/c1-3-13(4-2)5-6(9)7(14)8(10,11)12/h5H,3-4H2,1-2H3. The second-order valence-electron chi connectivity index (χ2n) is 2.53. The van der Waals surface area contributed by atoms with Crippen LogP contribution in [0, 0.1) is 0 Å². The van der Waals surface area contributed by atoms with Crippen LogP contribution in [0.15, 0.2) is 10.7 Å². The van der Waals surface area contributed by atoms with Gasteiger partial charge in [0, 0.05) is 19.3 Å². The maximum absolute atomic E-state index is 11.9. The lowest BCUT2D eigenvalue weighted by molar-refractivity contribution is -0.165. The highest BCUT2D eigenvalue weighted by atomic mass is 79.9. The molecule has 0 aromatic carbocycles. The van der Waals surface area contributed by atoms with Crippen molar-refractivity contribution < 1.29 is 18.0 Å². The number of nitrogens with zero attached hydrogens (tertiary/aromatic N) is 1. The van der Waals surface area contributed by atoms with E-state index >= 15 is 0 Å². The molecule has 0 atom stereocenters. The van der Waals surface area contributed by atoms with E-state index in [1.165, 1.54) is 0 Å². The number of alkyl halides is 3. The van der Waals surface area contributed by atoms with Crippen molar-refractivity contribution in [1.29, 1.82) is 0 Å². The van der Waals surface area contributed by atoms with Gasteiger partial charge >= 0.3 is 6.18 Å². The molecule has 14 heavy (non-hydrogen) atoms. The SMILES string of the molecule is CCN(C=C(Br)C(=O)C(F)(F)F)CC. The van der Waals surface area contributed by atoms with Gasteiger partial charge in [-0.25, -0.2) is 0 Å². The molecule has 0 spiro atoms. The first-order valence-corrected chi connectivity index (χ1v) is 4.85. The van der Waals surface area contributed by atoms with Crippen molar-refractivity contribution in [2.24, 2.45) is 0 Å². The van der Waals surface area contributed by atoms with E-state index in [1.54, 1.807) is 18.7 Å². The molecule has 0 unspecified atom stereocenters. The fraction of sp³-hybridized carbons (Fsp3) is 0.625. The molecular weight excluding hydrogens is 263 g/mol. The lowest BCUT2D eigenvalue weighted by Gasteiger charge is -2.16. The molecule has 2 nitrogen and oxygen atoms in total. The van der Waals surface area contributed by atoms with Gasteiger partial charge in [-0.05, 0) is 29.8 Å². The Morgan fingerprint density at radius 1 is 1.36 bits per heavy atom. The van der Waals surface area contributed by atoms with Crippen molar-refractivity contribution in [2.75, 3.05) is 13.1 Å². The third-order valence-corrected chi connectivity index (χ3v) is 2.15. The summed E-state index contributed by atoms with van der Waals surface area (Å²) in [5.74, 6) is -1.86. The Labute approximate surface area is 88.9 Å². The van der Waals surface area contributed by atoms with Gasteiger partial charge in [-0.2, -0.15) is 13.2 Å². The summed E-state index contributed by atoms with van der Waals surface area (Å²) in [7, 11) is 0. The number of halogens is 4. The Hall–Kier alpha value is -0.520. The van der Waals surface area contributed by atoms with E-state index in [0.717, 1.165) is 6.20 Å². The van der Waals surface area contributed by atoms with Gasteiger partial charge in [-0.15, -0.1) is 0 Å². The zero-order chi connectivity index (χ0) is 11.4. The predicted octanol–water partition coefficient (Wildman–Crippen LogP) is 2.70. The Kier molecular flexibility index (Phi) is 5.18. The van der Waals surface area contributed by atoms with Gasteiger partial charge in [0.2, 0.25) is 0 Å². The van der Waals surface area contributed by atoms with E-state index in [9.17, 15) is 18.0 Å². The van der Waals surface area contributed by atoms with Crippen LogP contribution in [-0.2, 0) is 4.79 Å². The fourth-order valence-electron chi connectivity index (χ4n) is 0.761. The van der Waals surface area contributed by atoms with E-state index in [2.05, 4.69) is 15.9 Å². The smallest absolute Gasteiger partial charge is 0.377 e. The van der Waals surface area contributed by atoms with E-state index < -0.39 is 16.4 Å². The summed E-state index contributed by atoms with van der Waals surface area (Å²) in [6, 6.07) is 0. The molecule has 0 N–H and O–H groups in total. The average molecular weight is 274 g/mol. The predicted molar refractivity (Wildman–Crippen MR) is 51.0 cm³/mol. The molecule has 0 aliphatic rings. The lowest BCUT2D eigenvalue weighted by atomic mass is 10.3. The molecule has 6 heteroatoms. The van der Waals surface area contributed by atoms with Crippen LogP contribution in [0.5, 0.6) is 0 Å². The second kappa shape index (κ2) is 5.38. The number of rotatable bonds is 4. The van der Waals surface area contributed by atoms with E-state index in [-0.39, 0.29) is 0 Å². The third kappa shape index (κ3) is 4.13. The normalized spacial score (nSPS) is 12.9. The van der Waals surface area contributed by atoms with Gasteiger partial charge in [-0.1, -0.05) is 0 Å². The van der Waals surface area contributed by atoms with Crippen molar-refractivity contribution in [2.45, 2.75) is 20.0 Å². The Bertz CT molecular complexity index is 233. The fourth-order valence-corrected chi connectivity index (χ4v) is 1.27. The summed E-state index contributed by atoms with van der Waals surface area (Å²) in [5.41, 5.74) is 0. The minimum absolute atomic E-state index is 0.464. The number of ketones is 1. The number of allylic oxidation sites excluding steroid dienone is 1. The van der Waals surface area contributed by atoms with E-state index in [1.807, 2.05) is 0 Å². The van der Waals surface area contributed by atoms with E-state index in [4.69, 9.17) is 0 Å². The molecule has 0 saturated carbocycles. The quantitative estimate of drug-likeness (QED) is 0.734. The van der Waals surface area contributed by atoms with E-state index in [0.29, 0.717) is 13.1 Å². The first-order chi connectivity index (χ1) is 6.32. The van der Waals surface area contributed by atoms with Crippen LogP contribution in [0.4, 0.5) is 13.2 Å². The number of hydrogen-bond acceptors (Lipinski definition) is 2. The van der Waals surface area contributed by atoms with Crippen molar-refractivity contribution in [3.8, 4) is 0 Å². The highest BCUT2D eigenvalue weighted by molar-refractivity contribution is 9.12. The summed E-state index contributed by atoms with van der Waals surface area (Å²) >= 11 is 2.61. The molecule has 0 aromatic heterocycles. The molecule has 0 heterocycles. The minimum Gasteiger partial charge on any atom is -0.377 e. The van der Waals surface area contributed by atoms with Crippen molar-refractivity contribution in [1.82, 2.24) is 4.90 Å². The van der Waals surface area contributed by atoms with Crippen LogP contribution in [0.3, 0.4) is 0 Å². The monoisotopic (exact) mass is 273 g/mol. The summed E-state index contributed by atoms with van der Waals surface area (Å²) < 4.78 is 35.3. The van der Waals surface area contributed by atoms with Gasteiger partial charge in [0.25, 0.3) is 5.78 Å². The number of Topliss-reactive ketones (excluding diaryl/α,β-unsaturated/α-hetero) is 1. The topological polar surface area (TPSA) is 20.3 Å². The summed E-state index contributed by atoms with van der Waals surface area (Å²) in [5, 5.41) is 0. The van der Waals surface area contributed by atoms with Crippen LogP contribution in [-0.4, -0.2) is 29.9 Å². The molecule has 0 saturated heterocycles. The maximum atomic E-state index is 11.9. The van der Waals surface area contributed by atoms with Gasteiger partial charge in [0.15, 0.2) is 0 Å². The summed E-state index contributed by atoms with van der Waals surface area (Å²) in [6.07, 6.45) is -3.65. The molecular formula is C8H11BrF3NO. The number of carbonyl (C=O) groups is 1. The lowest BCUT2D eigenvalue weighted by Crippen LogP contribution is -2.25. The highest BCUT2D eigenvalue weighted by Gasteiger charge is 2.40. The van der Waals surface area contributed by atoms with Crippen molar-refractivity contribution >= 4 is 21.7 Å². The van der Waals surface area contributed by atoms with Gasteiger partial charge in [0.05, 0.1) is 4.48 Å². The van der Waals surface area contributed by atoms with Crippen LogP contribution in [0.25, 0.3) is 0 Å². The van der Waals surface area contributed by atoms with Crippen molar-refractivity contribution in [3.63, 3.8) is 0 Å². The number of hydrogen-bond donors (Lipinski definition) is 0. The Morgan fingerprint density at radius 2 is 1.79 bits per heavy atom. The molecule has 0 bridgehead atoms. The zero-order valence-electron chi connectivity index (χ0n) is 7.86. The average Bonchev–Trinajstić information content (AvgIpc) is 2.11. The first kappa shape index (κ1) is 13.5. The Morgan fingerprint density at radius 3 is 2.07 bits per heavy atom. The van der Waals surface area contributed by atoms with Crippen LogP contribution < -0.4 is 0 Å². The molecule has 0 rings (SSSR count). The molecule has 82 valence electrons. The highest BCUT2D eigenvalue weighted by Crippen LogP contribution is 2.23. The van der Waals surface area contributed by atoms with Gasteiger partial charge in [-0.3, -0.25) is 4.79 Å². The van der Waals surface area contributed by atoms with Crippen molar-refractivity contribution in [3.05, 3.63) is 10.7 Å². The third-order valence-electron chi connectivity index (χ3n) is 1.58. The minimum atomic E-state index is -4.82. The molecule has 0 radical (unpaired) electrons. The first-order valence-electron chi connectivity index (χ1n) is 4.05. The van der Waals surface area contributed by atoms with Crippen LogP contribution in [0.2, 0.25) is 0 Å². The van der Waals surface area contributed by atoms with Gasteiger partial charge in [0.1, 0.15) is 0 Å². The van der Waals surface area contributed by atoms with Crippen LogP contribution in [0.1, 0.15) is 13.8 Å². The molecule has 0 amide bonds. The molecule has 0 fully saturated rings. The largest absolute Gasteiger partial charge is 0.455 e. The Balaban J connectivity index is 4.60. The summed E-state index contributed by atoms with van der Waals surface area (Å²) in [4.78, 5) is 12.3. The maximum Gasteiger partial charge on any atom is 0.455 e. The van der Waals surface area contributed by atoms with Gasteiger partial charge < -0.3 is 4.90 Å².